The molecule has 4 nitrogen and oxygen atoms in total. The molecule has 3 aromatic carbocycles. The van der Waals surface area contributed by atoms with Gasteiger partial charge in [0.1, 0.15) is 0 Å². The second kappa shape index (κ2) is 6.87. The van der Waals surface area contributed by atoms with E-state index in [4.69, 9.17) is 0 Å². The van der Waals surface area contributed by atoms with E-state index in [-0.39, 0.29) is 6.04 Å². The van der Waals surface area contributed by atoms with Gasteiger partial charge < -0.3 is 4.57 Å². The summed E-state index contributed by atoms with van der Waals surface area (Å²) in [5.41, 5.74) is 3.15. The molecule has 0 saturated carbocycles. The molecule has 1 atom stereocenters. The van der Waals surface area contributed by atoms with Gasteiger partial charge in [0.25, 0.3) is 0 Å². The summed E-state index contributed by atoms with van der Waals surface area (Å²) < 4.78 is 31.3. The molecule has 0 bridgehead atoms. The van der Waals surface area contributed by atoms with E-state index in [1.54, 1.807) is 16.4 Å². The molecule has 4 aromatic rings. The fraction of sp³-hybridized carbons (Fsp3) is 0.167. The van der Waals surface area contributed by atoms with Gasteiger partial charge in [-0.15, -0.1) is 0 Å². The average molecular weight is 403 g/mol. The molecule has 0 spiro atoms. The van der Waals surface area contributed by atoms with Crippen LogP contribution in [-0.4, -0.2) is 23.8 Å². The van der Waals surface area contributed by atoms with Crippen LogP contribution in [0, 0.1) is 6.92 Å². The summed E-state index contributed by atoms with van der Waals surface area (Å²) in [4.78, 5) is 0.341. The molecule has 0 aliphatic carbocycles. The number of fused-ring (bicyclic) bond motifs is 2. The Bertz CT molecular complexity index is 1290. The van der Waals surface area contributed by atoms with Gasteiger partial charge in [0.2, 0.25) is 10.0 Å². The van der Waals surface area contributed by atoms with Crippen molar-refractivity contribution >= 4 is 20.8 Å². The van der Waals surface area contributed by atoms with Gasteiger partial charge >= 0.3 is 0 Å². The average Bonchev–Trinajstić information content (AvgIpc) is 3.22. The molecule has 146 valence electrons. The Hall–Kier alpha value is -2.89. The molecule has 1 aliphatic rings. The highest BCUT2D eigenvalue weighted by molar-refractivity contribution is 7.89. The minimum absolute atomic E-state index is 0.337. The van der Waals surface area contributed by atoms with E-state index in [1.165, 1.54) is 0 Å². The molecule has 0 fully saturated rings. The number of hydrogen-bond donors (Lipinski definition) is 0. The molecule has 0 amide bonds. The maximum atomic E-state index is 13.7. The zero-order chi connectivity index (χ0) is 20.0. The van der Waals surface area contributed by atoms with E-state index in [2.05, 4.69) is 4.57 Å². The Kier molecular flexibility index (Phi) is 4.30. The van der Waals surface area contributed by atoms with Crippen LogP contribution in [0.2, 0.25) is 0 Å². The second-order valence-corrected chi connectivity index (χ2v) is 9.45. The number of nitrogens with zero attached hydrogens (tertiary/aromatic N) is 2. The van der Waals surface area contributed by atoms with Crippen molar-refractivity contribution < 1.29 is 8.42 Å². The first kappa shape index (κ1) is 18.2. The zero-order valence-electron chi connectivity index (χ0n) is 16.2. The minimum atomic E-state index is -3.66. The molecule has 29 heavy (non-hydrogen) atoms. The largest absolute Gasteiger partial charge is 0.348 e. The van der Waals surface area contributed by atoms with Crippen LogP contribution >= 0.6 is 0 Å². The molecule has 5 rings (SSSR count). The molecule has 0 N–H and O–H groups in total. The van der Waals surface area contributed by atoms with E-state index >= 15 is 0 Å². The number of hydrogen-bond acceptors (Lipinski definition) is 2. The van der Waals surface area contributed by atoms with Crippen LogP contribution in [0.1, 0.15) is 22.9 Å². The van der Waals surface area contributed by atoms with E-state index in [1.807, 2.05) is 79.9 Å². The third kappa shape index (κ3) is 3.07. The zero-order valence-corrected chi connectivity index (χ0v) is 17.0. The summed E-state index contributed by atoms with van der Waals surface area (Å²) >= 11 is 0. The van der Waals surface area contributed by atoms with Crippen molar-refractivity contribution in [1.82, 2.24) is 8.87 Å². The fourth-order valence-corrected chi connectivity index (χ4v) is 5.79. The van der Waals surface area contributed by atoms with Crippen LogP contribution in [0.3, 0.4) is 0 Å². The van der Waals surface area contributed by atoms with Gasteiger partial charge in [0.15, 0.2) is 0 Å². The van der Waals surface area contributed by atoms with Crippen molar-refractivity contribution in [3.63, 3.8) is 0 Å². The summed E-state index contributed by atoms with van der Waals surface area (Å²) in [6.45, 7) is 3.13. The first-order valence-corrected chi connectivity index (χ1v) is 11.2. The molecule has 2 heterocycles. The van der Waals surface area contributed by atoms with Crippen molar-refractivity contribution in [1.29, 1.82) is 0 Å². The highest BCUT2D eigenvalue weighted by Crippen LogP contribution is 2.37. The van der Waals surface area contributed by atoms with Gasteiger partial charge in [-0.1, -0.05) is 60.2 Å². The topological polar surface area (TPSA) is 42.3 Å². The predicted molar refractivity (Wildman–Crippen MR) is 115 cm³/mol. The number of aryl methyl sites for hydroxylation is 1. The van der Waals surface area contributed by atoms with Gasteiger partial charge in [-0.05, 0) is 47.5 Å². The number of sulfonamides is 1. The molecule has 0 unspecified atom stereocenters. The van der Waals surface area contributed by atoms with E-state index in [0.717, 1.165) is 27.6 Å². The minimum Gasteiger partial charge on any atom is -0.348 e. The molecule has 1 aromatic heterocycles. The van der Waals surface area contributed by atoms with Crippen LogP contribution in [0.5, 0.6) is 0 Å². The van der Waals surface area contributed by atoms with Crippen molar-refractivity contribution in [2.75, 3.05) is 6.54 Å². The SMILES string of the molecule is Cc1ccc([C@@H]2c3cccn3CCN2S(=O)(=O)c2ccc3ccccc3c2)cc1. The maximum Gasteiger partial charge on any atom is 0.244 e. The van der Waals surface area contributed by atoms with Gasteiger partial charge in [0.05, 0.1) is 10.9 Å². The first-order chi connectivity index (χ1) is 14.0. The monoisotopic (exact) mass is 402 g/mol. The van der Waals surface area contributed by atoms with E-state index in [0.29, 0.717) is 18.0 Å². The van der Waals surface area contributed by atoms with Gasteiger partial charge in [-0.25, -0.2) is 8.42 Å². The Balaban J connectivity index is 1.64. The standard InChI is InChI=1S/C24H22N2O2S/c1-18-8-10-20(11-9-18)24-23-7-4-14-25(23)15-16-26(24)29(27,28)22-13-12-19-5-2-3-6-21(19)17-22/h2-14,17,24H,15-16H2,1H3/t24-/m1/s1. The quantitative estimate of drug-likeness (QED) is 0.497. The highest BCUT2D eigenvalue weighted by atomic mass is 32.2. The van der Waals surface area contributed by atoms with Crippen LogP contribution < -0.4 is 0 Å². The third-order valence-electron chi connectivity index (χ3n) is 5.71. The van der Waals surface area contributed by atoms with Gasteiger partial charge in [-0.2, -0.15) is 4.31 Å². The summed E-state index contributed by atoms with van der Waals surface area (Å²) in [5, 5.41) is 1.97. The van der Waals surface area contributed by atoms with Crippen LogP contribution in [0.25, 0.3) is 10.8 Å². The van der Waals surface area contributed by atoms with Gasteiger partial charge in [-0.3, -0.25) is 0 Å². The summed E-state index contributed by atoms with van der Waals surface area (Å²) in [7, 11) is -3.66. The summed E-state index contributed by atoms with van der Waals surface area (Å²) in [6, 6.07) is 25.0. The van der Waals surface area contributed by atoms with Crippen LogP contribution in [0.15, 0.2) is 90.0 Å². The lowest BCUT2D eigenvalue weighted by Crippen LogP contribution is -2.42. The molecular weight excluding hydrogens is 380 g/mol. The smallest absolute Gasteiger partial charge is 0.244 e. The van der Waals surface area contributed by atoms with Crippen LogP contribution in [0.4, 0.5) is 0 Å². The predicted octanol–water partition coefficient (Wildman–Crippen LogP) is 4.74. The number of rotatable bonds is 3. The Morgan fingerprint density at radius 3 is 2.38 bits per heavy atom. The van der Waals surface area contributed by atoms with Crippen molar-refractivity contribution in [2.45, 2.75) is 24.4 Å². The molecule has 5 heteroatoms. The van der Waals surface area contributed by atoms with Crippen LogP contribution in [-0.2, 0) is 16.6 Å². The second-order valence-electron chi connectivity index (χ2n) is 7.56. The fourth-order valence-electron chi connectivity index (χ4n) is 4.17. The molecule has 1 aliphatic heterocycles. The number of aromatic nitrogens is 1. The lowest BCUT2D eigenvalue weighted by molar-refractivity contribution is 0.298. The summed E-state index contributed by atoms with van der Waals surface area (Å²) in [5.74, 6) is 0. The molecule has 0 saturated heterocycles. The third-order valence-corrected chi connectivity index (χ3v) is 7.58. The normalized spacial score (nSPS) is 17.3. The van der Waals surface area contributed by atoms with Crippen molar-refractivity contribution in [3.05, 3.63) is 102 Å². The van der Waals surface area contributed by atoms with Crippen molar-refractivity contribution in [3.8, 4) is 0 Å². The lowest BCUT2D eigenvalue weighted by Gasteiger charge is -2.36. The lowest BCUT2D eigenvalue weighted by atomic mass is 10.0. The van der Waals surface area contributed by atoms with Crippen molar-refractivity contribution in [2.24, 2.45) is 0 Å². The Labute approximate surface area is 171 Å². The molecule has 0 radical (unpaired) electrons. The first-order valence-electron chi connectivity index (χ1n) is 9.76. The maximum absolute atomic E-state index is 13.7. The Morgan fingerprint density at radius 2 is 1.59 bits per heavy atom. The highest BCUT2D eigenvalue weighted by Gasteiger charge is 2.37. The molecular formula is C24H22N2O2S. The van der Waals surface area contributed by atoms with E-state index in [9.17, 15) is 8.42 Å². The Morgan fingerprint density at radius 1 is 0.828 bits per heavy atom. The van der Waals surface area contributed by atoms with Gasteiger partial charge in [0, 0.05) is 25.0 Å². The van der Waals surface area contributed by atoms with E-state index < -0.39 is 10.0 Å². The number of benzene rings is 3. The summed E-state index contributed by atoms with van der Waals surface area (Å²) in [6.07, 6.45) is 2.02.